The third-order valence-electron chi connectivity index (χ3n) is 5.54. The Morgan fingerprint density at radius 2 is 1.89 bits per heavy atom. The maximum Gasteiger partial charge on any atom is 0.326 e. The Morgan fingerprint density at radius 1 is 1.16 bits per heavy atom. The molecule has 198 valence electrons. The molecule has 0 aliphatic carbocycles. The maximum absolute atomic E-state index is 13.1. The molecule has 37 heavy (non-hydrogen) atoms. The number of amides is 2. The average molecular weight is 529 g/mol. The number of oxazole rings is 1. The molecule has 2 atom stereocenters. The van der Waals surface area contributed by atoms with Crippen LogP contribution in [-0.2, 0) is 4.79 Å². The smallest absolute Gasteiger partial charge is 0.326 e. The summed E-state index contributed by atoms with van der Waals surface area (Å²) in [4.78, 5) is 46.3. The molecule has 0 aliphatic rings. The number of aliphatic carboxylic acids is 1. The van der Waals surface area contributed by atoms with Gasteiger partial charge >= 0.3 is 5.97 Å². The van der Waals surface area contributed by atoms with Crippen molar-refractivity contribution >= 4 is 45.2 Å². The lowest BCUT2D eigenvalue weighted by atomic mass is 10.0. The number of benzene rings is 1. The van der Waals surface area contributed by atoms with Crippen molar-refractivity contribution < 1.29 is 23.9 Å². The number of nitrogens with two attached hydrogens (primary N) is 2. The summed E-state index contributed by atoms with van der Waals surface area (Å²) in [6.45, 7) is 5.81. The summed E-state index contributed by atoms with van der Waals surface area (Å²) in [5.41, 5.74) is 10.5. The van der Waals surface area contributed by atoms with Gasteiger partial charge in [0, 0.05) is 11.2 Å². The number of hydrogen-bond acceptors (Lipinski definition) is 7. The van der Waals surface area contributed by atoms with E-state index in [2.05, 4.69) is 20.6 Å². The molecular formula is C25H32N6O5S. The highest BCUT2D eigenvalue weighted by atomic mass is 32.1. The van der Waals surface area contributed by atoms with Gasteiger partial charge in [-0.05, 0) is 49.6 Å². The summed E-state index contributed by atoms with van der Waals surface area (Å²) in [7, 11) is 0. The molecule has 0 saturated heterocycles. The number of aromatic nitrogens is 1. The van der Waals surface area contributed by atoms with Crippen LogP contribution in [0, 0.1) is 12.8 Å². The third kappa shape index (κ3) is 7.53. The predicted octanol–water partition coefficient (Wildman–Crippen LogP) is 2.95. The molecule has 0 bridgehead atoms. The molecule has 0 radical (unpaired) electrons. The summed E-state index contributed by atoms with van der Waals surface area (Å²) < 4.78 is 6.79. The Balaban J connectivity index is 1.75. The lowest BCUT2D eigenvalue weighted by molar-refractivity contribution is -0.139. The molecule has 1 unspecified atom stereocenters. The number of carboxylic acids is 1. The molecule has 2 aromatic heterocycles. The SMILES string of the molecule is Cc1oc(C(CC(C)C)NC(=O)c2cc3ccccc3s2)nc1C(=O)N[C@@H](CCCN=C(N)N)C(=O)O. The topological polar surface area (TPSA) is 186 Å². The van der Waals surface area contributed by atoms with E-state index in [4.69, 9.17) is 15.9 Å². The fourth-order valence-corrected chi connectivity index (χ4v) is 4.75. The van der Waals surface area contributed by atoms with Crippen LogP contribution in [0.15, 0.2) is 39.7 Å². The zero-order valence-electron chi connectivity index (χ0n) is 21.0. The number of hydrogen-bond donors (Lipinski definition) is 5. The first-order chi connectivity index (χ1) is 17.5. The van der Waals surface area contributed by atoms with Crippen molar-refractivity contribution in [2.24, 2.45) is 22.4 Å². The summed E-state index contributed by atoms with van der Waals surface area (Å²) >= 11 is 1.39. The van der Waals surface area contributed by atoms with Crippen LogP contribution >= 0.6 is 11.3 Å². The van der Waals surface area contributed by atoms with Gasteiger partial charge in [0.25, 0.3) is 11.8 Å². The van der Waals surface area contributed by atoms with E-state index in [1.807, 2.05) is 44.2 Å². The average Bonchev–Trinajstić information content (AvgIpc) is 3.43. The van der Waals surface area contributed by atoms with Crippen molar-refractivity contribution in [3.63, 3.8) is 0 Å². The van der Waals surface area contributed by atoms with Crippen molar-refractivity contribution in [3.8, 4) is 0 Å². The van der Waals surface area contributed by atoms with Crippen molar-refractivity contribution in [1.29, 1.82) is 0 Å². The molecule has 0 spiro atoms. The Hall–Kier alpha value is -3.93. The fourth-order valence-electron chi connectivity index (χ4n) is 3.78. The third-order valence-corrected chi connectivity index (χ3v) is 6.65. The number of nitrogens with one attached hydrogen (secondary N) is 2. The lowest BCUT2D eigenvalue weighted by Gasteiger charge is -2.17. The molecule has 2 amide bonds. The van der Waals surface area contributed by atoms with Crippen molar-refractivity contribution in [1.82, 2.24) is 15.6 Å². The first kappa shape index (κ1) is 27.7. The number of aryl methyl sites for hydroxylation is 1. The van der Waals surface area contributed by atoms with Gasteiger partial charge < -0.3 is 31.6 Å². The van der Waals surface area contributed by atoms with E-state index < -0.39 is 24.0 Å². The zero-order chi connectivity index (χ0) is 27.1. The minimum Gasteiger partial charge on any atom is -0.480 e. The van der Waals surface area contributed by atoms with Crippen LogP contribution in [0.5, 0.6) is 0 Å². The quantitative estimate of drug-likeness (QED) is 0.135. The molecule has 12 heteroatoms. The lowest BCUT2D eigenvalue weighted by Crippen LogP contribution is -2.41. The minimum atomic E-state index is -1.19. The van der Waals surface area contributed by atoms with Gasteiger partial charge in [0.15, 0.2) is 11.7 Å². The maximum atomic E-state index is 13.1. The van der Waals surface area contributed by atoms with Crippen molar-refractivity contribution in [2.75, 3.05) is 6.54 Å². The van der Waals surface area contributed by atoms with Gasteiger partial charge in [-0.2, -0.15) is 0 Å². The minimum absolute atomic E-state index is 0.0321. The summed E-state index contributed by atoms with van der Waals surface area (Å²) in [5.74, 6) is -1.61. The summed E-state index contributed by atoms with van der Waals surface area (Å²) in [6.07, 6.45) is 1.02. The van der Waals surface area contributed by atoms with Crippen molar-refractivity contribution in [2.45, 2.75) is 52.1 Å². The molecule has 2 heterocycles. The molecule has 3 aromatic rings. The van der Waals surface area contributed by atoms with Gasteiger partial charge in [-0.25, -0.2) is 9.78 Å². The number of carboxylic acid groups (broad SMARTS) is 1. The molecule has 0 fully saturated rings. The first-order valence-electron chi connectivity index (χ1n) is 11.9. The van der Waals surface area contributed by atoms with Crippen LogP contribution in [0.3, 0.4) is 0 Å². The molecule has 3 rings (SSSR count). The summed E-state index contributed by atoms with van der Waals surface area (Å²) in [6, 6.07) is 7.84. The van der Waals surface area contributed by atoms with Gasteiger partial charge in [0.1, 0.15) is 17.8 Å². The summed E-state index contributed by atoms with van der Waals surface area (Å²) in [5, 5.41) is 15.9. The van der Waals surface area contributed by atoms with E-state index in [-0.39, 0.29) is 48.1 Å². The van der Waals surface area contributed by atoms with E-state index in [0.29, 0.717) is 17.7 Å². The van der Waals surface area contributed by atoms with Crippen LogP contribution in [0.4, 0.5) is 0 Å². The second kappa shape index (κ2) is 12.3. The second-order valence-corrected chi connectivity index (χ2v) is 10.2. The van der Waals surface area contributed by atoms with Crippen LogP contribution in [0.2, 0.25) is 0 Å². The van der Waals surface area contributed by atoms with E-state index in [1.54, 1.807) is 6.92 Å². The molecular weight excluding hydrogens is 496 g/mol. The number of fused-ring (bicyclic) bond motifs is 1. The van der Waals surface area contributed by atoms with Crippen LogP contribution in [0.1, 0.15) is 71.0 Å². The standard InChI is InChI=1S/C25H32N6O5S/c1-13(2)11-17(30-21(32)19-12-15-7-4-5-9-18(15)37-19)23-31-20(14(3)36-23)22(33)29-16(24(34)35)8-6-10-28-25(26)27/h4-5,7,9,12-13,16-17H,6,8,10-11H2,1-3H3,(H,29,33)(H,30,32)(H,34,35)(H4,26,27,28)/t16-,17?/m0/s1. The van der Waals surface area contributed by atoms with E-state index in [1.165, 1.54) is 11.3 Å². The molecule has 0 aliphatic heterocycles. The fraction of sp³-hybridized carbons (Fsp3) is 0.400. The normalized spacial score (nSPS) is 12.8. The van der Waals surface area contributed by atoms with Gasteiger partial charge in [-0.1, -0.05) is 32.0 Å². The first-order valence-corrected chi connectivity index (χ1v) is 12.7. The zero-order valence-corrected chi connectivity index (χ0v) is 21.8. The number of carbonyl (C=O) groups excluding carboxylic acids is 2. The Morgan fingerprint density at radius 3 is 2.54 bits per heavy atom. The number of nitrogens with zero attached hydrogens (tertiary/aromatic N) is 2. The Kier molecular flexibility index (Phi) is 9.23. The highest BCUT2D eigenvalue weighted by Crippen LogP contribution is 2.28. The Bertz CT molecular complexity index is 1260. The monoisotopic (exact) mass is 528 g/mol. The van der Waals surface area contributed by atoms with Gasteiger partial charge in [-0.3, -0.25) is 14.6 Å². The van der Waals surface area contributed by atoms with Crippen LogP contribution in [0.25, 0.3) is 10.1 Å². The highest BCUT2D eigenvalue weighted by molar-refractivity contribution is 7.20. The number of thiophene rings is 1. The van der Waals surface area contributed by atoms with E-state index >= 15 is 0 Å². The Labute approximate surface area is 218 Å². The number of rotatable bonds is 12. The van der Waals surface area contributed by atoms with Crippen LogP contribution < -0.4 is 22.1 Å². The second-order valence-electron chi connectivity index (χ2n) is 9.07. The van der Waals surface area contributed by atoms with Crippen molar-refractivity contribution in [3.05, 3.63) is 52.6 Å². The van der Waals surface area contributed by atoms with E-state index in [9.17, 15) is 19.5 Å². The van der Waals surface area contributed by atoms with Gasteiger partial charge in [0.05, 0.1) is 4.88 Å². The van der Waals surface area contributed by atoms with Gasteiger partial charge in [-0.15, -0.1) is 11.3 Å². The number of guanidine groups is 1. The largest absolute Gasteiger partial charge is 0.480 e. The number of aliphatic imine (C=N–C) groups is 1. The molecule has 11 nitrogen and oxygen atoms in total. The predicted molar refractivity (Wildman–Crippen MR) is 142 cm³/mol. The van der Waals surface area contributed by atoms with Gasteiger partial charge in [0.2, 0.25) is 5.89 Å². The molecule has 0 saturated carbocycles. The molecule has 1 aromatic carbocycles. The number of carbonyl (C=O) groups is 3. The van der Waals surface area contributed by atoms with Crippen LogP contribution in [-0.4, -0.2) is 46.4 Å². The van der Waals surface area contributed by atoms with E-state index in [0.717, 1.165) is 10.1 Å². The molecule has 7 N–H and O–H groups in total. The highest BCUT2D eigenvalue weighted by Gasteiger charge is 2.28.